The van der Waals surface area contributed by atoms with E-state index in [1.165, 1.54) is 6.92 Å². The first-order valence-electron chi connectivity index (χ1n) is 4.73. The second kappa shape index (κ2) is 5.47. The van der Waals surface area contributed by atoms with Crippen LogP contribution in [0.25, 0.3) is 0 Å². The van der Waals surface area contributed by atoms with E-state index in [2.05, 4.69) is 0 Å². The van der Waals surface area contributed by atoms with E-state index in [1.54, 1.807) is 12.1 Å². The summed E-state index contributed by atoms with van der Waals surface area (Å²) in [6.45, 7) is 3.17. The molecule has 1 atom stereocenters. The summed E-state index contributed by atoms with van der Waals surface area (Å²) in [6, 6.07) is 9.09. The minimum Gasteiger partial charge on any atom is -0.298 e. The lowest BCUT2D eigenvalue weighted by atomic mass is 10.1. The van der Waals surface area contributed by atoms with Crippen molar-refractivity contribution in [1.29, 1.82) is 5.26 Å². The maximum absolute atomic E-state index is 11.6. The third kappa shape index (κ3) is 3.21. The van der Waals surface area contributed by atoms with E-state index >= 15 is 0 Å². The Morgan fingerprint density at radius 3 is 2.62 bits per heavy atom. The molecule has 4 heteroatoms. The molecule has 0 bridgehead atoms. The summed E-state index contributed by atoms with van der Waals surface area (Å²) >= 11 is 0.937. The largest absolute Gasteiger partial charge is 0.298 e. The maximum Gasteiger partial charge on any atom is 0.218 e. The monoisotopic (exact) mass is 233 g/mol. The van der Waals surface area contributed by atoms with Crippen LogP contribution in [0.4, 0.5) is 0 Å². The van der Waals surface area contributed by atoms with Crippen molar-refractivity contribution in [2.24, 2.45) is 5.92 Å². The van der Waals surface area contributed by atoms with Crippen LogP contribution in [0.3, 0.4) is 0 Å². The SMILES string of the molecule is CC(=O)C(C#N)C(=O)Sc1cccc(C)c1. The van der Waals surface area contributed by atoms with Gasteiger partial charge in [-0.1, -0.05) is 29.5 Å². The van der Waals surface area contributed by atoms with E-state index in [4.69, 9.17) is 5.26 Å². The van der Waals surface area contributed by atoms with Crippen LogP contribution in [-0.4, -0.2) is 10.9 Å². The minimum atomic E-state index is -1.16. The molecular weight excluding hydrogens is 222 g/mol. The van der Waals surface area contributed by atoms with Crippen molar-refractivity contribution in [3.05, 3.63) is 29.8 Å². The fraction of sp³-hybridized carbons (Fsp3) is 0.250. The number of benzene rings is 1. The van der Waals surface area contributed by atoms with E-state index < -0.39 is 16.8 Å². The zero-order valence-corrected chi connectivity index (χ0v) is 9.88. The maximum atomic E-state index is 11.6. The van der Waals surface area contributed by atoms with E-state index in [1.807, 2.05) is 25.1 Å². The third-order valence-electron chi connectivity index (χ3n) is 1.98. The van der Waals surface area contributed by atoms with Gasteiger partial charge in [-0.05, 0) is 26.0 Å². The lowest BCUT2D eigenvalue weighted by molar-refractivity contribution is -0.124. The quantitative estimate of drug-likeness (QED) is 0.594. The van der Waals surface area contributed by atoms with Gasteiger partial charge in [-0.3, -0.25) is 9.59 Å². The summed E-state index contributed by atoms with van der Waals surface area (Å²) < 4.78 is 0. The molecule has 0 aliphatic rings. The predicted molar refractivity (Wildman–Crippen MR) is 61.8 cm³/mol. The van der Waals surface area contributed by atoms with Gasteiger partial charge in [-0.15, -0.1) is 0 Å². The Hall–Kier alpha value is -1.60. The van der Waals surface area contributed by atoms with Gasteiger partial charge in [0.1, 0.15) is 0 Å². The number of thioether (sulfide) groups is 1. The van der Waals surface area contributed by atoms with Crippen LogP contribution in [0.15, 0.2) is 29.2 Å². The van der Waals surface area contributed by atoms with Crippen LogP contribution in [0.5, 0.6) is 0 Å². The van der Waals surface area contributed by atoms with E-state index in [0.29, 0.717) is 0 Å². The van der Waals surface area contributed by atoms with Crippen molar-refractivity contribution in [2.75, 3.05) is 0 Å². The number of rotatable bonds is 3. The molecule has 0 saturated heterocycles. The zero-order chi connectivity index (χ0) is 12.1. The molecule has 1 aromatic rings. The summed E-state index contributed by atoms with van der Waals surface area (Å²) in [7, 11) is 0. The fourth-order valence-corrected chi connectivity index (χ4v) is 2.12. The number of carbonyl (C=O) groups excluding carboxylic acids is 2. The molecular formula is C12H11NO2S. The first-order valence-corrected chi connectivity index (χ1v) is 5.54. The topological polar surface area (TPSA) is 57.9 Å². The van der Waals surface area contributed by atoms with Gasteiger partial charge in [0, 0.05) is 4.90 Å². The van der Waals surface area contributed by atoms with Gasteiger partial charge in [0.25, 0.3) is 0 Å². The highest BCUT2D eigenvalue weighted by Gasteiger charge is 2.23. The van der Waals surface area contributed by atoms with Crippen LogP contribution in [0, 0.1) is 24.2 Å². The molecule has 0 fully saturated rings. The summed E-state index contributed by atoms with van der Waals surface area (Å²) in [4.78, 5) is 23.4. The minimum absolute atomic E-state index is 0.410. The van der Waals surface area contributed by atoms with Crippen LogP contribution in [-0.2, 0) is 9.59 Å². The van der Waals surface area contributed by atoms with Crippen LogP contribution < -0.4 is 0 Å². The summed E-state index contributed by atoms with van der Waals surface area (Å²) in [5.41, 5.74) is 1.04. The van der Waals surface area contributed by atoms with Gasteiger partial charge in [0.05, 0.1) is 6.07 Å². The standard InChI is InChI=1S/C12H11NO2S/c1-8-4-3-5-10(6-8)16-12(15)11(7-13)9(2)14/h3-6,11H,1-2H3. The lowest BCUT2D eigenvalue weighted by Gasteiger charge is -2.04. The molecule has 0 radical (unpaired) electrons. The van der Waals surface area contributed by atoms with Gasteiger partial charge in [-0.2, -0.15) is 5.26 Å². The van der Waals surface area contributed by atoms with Crippen molar-refractivity contribution in [2.45, 2.75) is 18.7 Å². The molecule has 1 aromatic carbocycles. The summed E-state index contributed by atoms with van der Waals surface area (Å²) in [5.74, 6) is -1.57. The van der Waals surface area contributed by atoms with Crippen molar-refractivity contribution in [1.82, 2.24) is 0 Å². The van der Waals surface area contributed by atoms with Crippen LogP contribution >= 0.6 is 11.8 Å². The first-order chi connectivity index (χ1) is 7.54. The smallest absolute Gasteiger partial charge is 0.218 e. The predicted octanol–water partition coefficient (Wildman–Crippen LogP) is 2.34. The Kier molecular flexibility index (Phi) is 4.27. The van der Waals surface area contributed by atoms with Crippen molar-refractivity contribution < 1.29 is 9.59 Å². The molecule has 3 nitrogen and oxygen atoms in total. The Morgan fingerprint density at radius 2 is 2.12 bits per heavy atom. The Morgan fingerprint density at radius 1 is 1.44 bits per heavy atom. The van der Waals surface area contributed by atoms with Crippen molar-refractivity contribution >= 4 is 22.7 Å². The number of hydrogen-bond donors (Lipinski definition) is 0. The molecule has 0 spiro atoms. The van der Waals surface area contributed by atoms with Gasteiger partial charge in [0.15, 0.2) is 11.7 Å². The highest BCUT2D eigenvalue weighted by atomic mass is 32.2. The van der Waals surface area contributed by atoms with Crippen molar-refractivity contribution in [3.63, 3.8) is 0 Å². The number of nitriles is 1. The highest BCUT2D eigenvalue weighted by molar-refractivity contribution is 8.13. The van der Waals surface area contributed by atoms with Crippen LogP contribution in [0.2, 0.25) is 0 Å². The molecule has 1 unspecified atom stereocenters. The molecule has 0 aliphatic carbocycles. The molecule has 0 heterocycles. The average Bonchev–Trinajstić information content (AvgIpc) is 2.17. The number of nitrogens with zero attached hydrogens (tertiary/aromatic N) is 1. The average molecular weight is 233 g/mol. The fourth-order valence-electron chi connectivity index (χ4n) is 1.16. The molecule has 0 saturated carbocycles. The third-order valence-corrected chi connectivity index (χ3v) is 2.91. The van der Waals surface area contributed by atoms with E-state index in [9.17, 15) is 9.59 Å². The summed E-state index contributed by atoms with van der Waals surface area (Å²) in [5, 5.41) is 8.28. The number of Topliss-reactive ketones (excluding diaryl/α,β-unsaturated/α-hetero) is 1. The molecule has 1 rings (SSSR count). The molecule has 0 aliphatic heterocycles. The second-order valence-corrected chi connectivity index (χ2v) is 4.49. The zero-order valence-electron chi connectivity index (χ0n) is 9.06. The van der Waals surface area contributed by atoms with E-state index in [-0.39, 0.29) is 0 Å². The number of aryl methyl sites for hydroxylation is 1. The van der Waals surface area contributed by atoms with Crippen molar-refractivity contribution in [3.8, 4) is 6.07 Å². The molecule has 0 N–H and O–H groups in total. The molecule has 82 valence electrons. The molecule has 0 amide bonds. The van der Waals surface area contributed by atoms with Gasteiger partial charge >= 0.3 is 0 Å². The van der Waals surface area contributed by atoms with Gasteiger partial charge in [-0.25, -0.2) is 0 Å². The van der Waals surface area contributed by atoms with Gasteiger partial charge in [0.2, 0.25) is 5.12 Å². The Labute approximate surface area is 98.5 Å². The number of hydrogen-bond acceptors (Lipinski definition) is 4. The molecule has 16 heavy (non-hydrogen) atoms. The number of ketones is 1. The highest BCUT2D eigenvalue weighted by Crippen LogP contribution is 2.23. The second-order valence-electron chi connectivity index (χ2n) is 3.41. The Balaban J connectivity index is 2.79. The normalized spacial score (nSPS) is 11.6. The lowest BCUT2D eigenvalue weighted by Crippen LogP contribution is -2.17. The first kappa shape index (κ1) is 12.5. The van der Waals surface area contributed by atoms with E-state index in [0.717, 1.165) is 22.2 Å². The number of carbonyl (C=O) groups is 2. The van der Waals surface area contributed by atoms with Gasteiger partial charge < -0.3 is 0 Å². The van der Waals surface area contributed by atoms with Crippen LogP contribution in [0.1, 0.15) is 12.5 Å². The Bertz CT molecular complexity index is 462. The molecule has 0 aromatic heterocycles. The summed E-state index contributed by atoms with van der Waals surface area (Å²) in [6.07, 6.45) is 0.